The Morgan fingerprint density at radius 3 is 2.22 bits per heavy atom. The second-order valence-electron chi connectivity index (χ2n) is 11.2. The number of aromatic nitrogens is 3. The first-order chi connectivity index (χ1) is 21.7. The molecule has 1 amide bonds. The first kappa shape index (κ1) is 33.2. The monoisotopic (exact) mass is 633 g/mol. The fraction of sp³-hybridized carbons (Fsp3) is 0.324. The Balaban J connectivity index is 0.00000417. The van der Waals surface area contributed by atoms with Gasteiger partial charge in [0.1, 0.15) is 22.8 Å². The molecule has 11 nitrogen and oxygen atoms in total. The zero-order valence-corrected chi connectivity index (χ0v) is 28.4. The Bertz CT molecular complexity index is 1750. The van der Waals surface area contributed by atoms with Crippen molar-refractivity contribution in [3.8, 4) is 39.6 Å². The predicted molar refractivity (Wildman–Crippen MR) is 165 cm³/mol. The van der Waals surface area contributed by atoms with Crippen LogP contribution in [0.1, 0.15) is 64.2 Å². The third-order valence-corrected chi connectivity index (χ3v) is 8.26. The molecule has 1 saturated heterocycles. The average Bonchev–Trinajstić information content (AvgIpc) is 3.46. The van der Waals surface area contributed by atoms with Gasteiger partial charge in [-0.25, -0.2) is 4.79 Å². The maximum absolute atomic E-state index is 13.8. The Kier molecular flexibility index (Phi) is 9.85. The molecule has 4 heterocycles. The van der Waals surface area contributed by atoms with E-state index in [2.05, 4.69) is 10.1 Å². The molecule has 12 heteroatoms. The third kappa shape index (κ3) is 6.53. The standard InChI is InChI=1S/C34H34N4O7.Na/c1-4-43-29-15-23(16-30(44-5-2)31(29)24-19-36-37(3)20-24)32(40)38-12-10-34(11-13-38)17-27(39)25-14-21(7-9-28(25)45-34)26-8-6-22(18-35-26)33(41)42;/h6-9,14-16,18-20H,4-5,10-13,17H2,1-3H3,(H,41,42);/q;+1. The number of likely N-dealkylation sites (tertiary alicyclic amines) is 1. The number of carboxylic acids is 1. The number of Topliss-reactive ketones (excluding diaryl/α,β-unsaturated/α-hetero) is 1. The first-order valence-corrected chi connectivity index (χ1v) is 15.0. The topological polar surface area (TPSA) is 133 Å². The number of aromatic carboxylic acids is 1. The van der Waals surface area contributed by atoms with Crippen molar-refractivity contribution in [2.75, 3.05) is 26.3 Å². The van der Waals surface area contributed by atoms with E-state index >= 15 is 0 Å². The Hall–Kier alpha value is -4.19. The van der Waals surface area contributed by atoms with Crippen molar-refractivity contribution >= 4 is 17.7 Å². The zero-order valence-electron chi connectivity index (χ0n) is 26.4. The van der Waals surface area contributed by atoms with Crippen LogP contribution in [-0.4, -0.2) is 74.3 Å². The third-order valence-electron chi connectivity index (χ3n) is 8.26. The summed E-state index contributed by atoms with van der Waals surface area (Å²) < 4.78 is 20.1. The van der Waals surface area contributed by atoms with Crippen LogP contribution in [0.25, 0.3) is 22.4 Å². The van der Waals surface area contributed by atoms with Gasteiger partial charge >= 0.3 is 35.5 Å². The summed E-state index contributed by atoms with van der Waals surface area (Å²) >= 11 is 0. The number of carbonyl (C=O) groups is 3. The van der Waals surface area contributed by atoms with E-state index in [1.165, 1.54) is 12.3 Å². The van der Waals surface area contributed by atoms with Crippen molar-refractivity contribution in [2.24, 2.45) is 7.05 Å². The molecule has 232 valence electrons. The Labute approximate surface area is 288 Å². The molecule has 0 atom stereocenters. The molecular formula is C34H34N4NaO7+. The van der Waals surface area contributed by atoms with Crippen LogP contribution in [0.4, 0.5) is 0 Å². The second kappa shape index (κ2) is 13.7. The summed E-state index contributed by atoms with van der Waals surface area (Å²) in [5.74, 6) is 0.389. The Morgan fingerprint density at radius 1 is 0.957 bits per heavy atom. The van der Waals surface area contributed by atoms with E-state index in [-0.39, 0.29) is 53.2 Å². The molecule has 4 aromatic rings. The number of rotatable bonds is 8. The van der Waals surface area contributed by atoms with Crippen molar-refractivity contribution < 1.29 is 63.3 Å². The van der Waals surface area contributed by atoms with Gasteiger partial charge in [-0.1, -0.05) is 0 Å². The van der Waals surface area contributed by atoms with Gasteiger partial charge in [-0.3, -0.25) is 19.3 Å². The molecule has 46 heavy (non-hydrogen) atoms. The minimum Gasteiger partial charge on any atom is -0.493 e. The van der Waals surface area contributed by atoms with Crippen molar-refractivity contribution in [1.29, 1.82) is 0 Å². The van der Waals surface area contributed by atoms with E-state index in [1.807, 2.05) is 33.2 Å². The van der Waals surface area contributed by atoms with Crippen molar-refractivity contribution in [2.45, 2.75) is 38.7 Å². The number of fused-ring (bicyclic) bond motifs is 1. The van der Waals surface area contributed by atoms with Crippen LogP contribution in [0.2, 0.25) is 0 Å². The number of hydrogen-bond donors (Lipinski definition) is 1. The summed E-state index contributed by atoms with van der Waals surface area (Å²) in [4.78, 5) is 44.3. The van der Waals surface area contributed by atoms with Crippen LogP contribution >= 0.6 is 0 Å². The molecule has 0 radical (unpaired) electrons. The number of ketones is 1. The van der Waals surface area contributed by atoms with Crippen LogP contribution in [0.5, 0.6) is 17.2 Å². The zero-order chi connectivity index (χ0) is 31.7. The number of hydrogen-bond acceptors (Lipinski definition) is 8. The van der Waals surface area contributed by atoms with E-state index in [9.17, 15) is 14.4 Å². The molecule has 2 aromatic heterocycles. The van der Waals surface area contributed by atoms with E-state index in [0.717, 1.165) is 11.1 Å². The summed E-state index contributed by atoms with van der Waals surface area (Å²) in [6.07, 6.45) is 6.14. The molecule has 6 rings (SSSR count). The van der Waals surface area contributed by atoms with Gasteiger partial charge in [0.2, 0.25) is 0 Å². The maximum atomic E-state index is 13.8. The number of pyridine rings is 1. The minimum absolute atomic E-state index is 0. The molecule has 1 spiro atoms. The quantitative estimate of drug-likeness (QED) is 0.290. The number of ether oxygens (including phenoxy) is 3. The van der Waals surface area contributed by atoms with Crippen LogP contribution in [0, 0.1) is 0 Å². The summed E-state index contributed by atoms with van der Waals surface area (Å²) in [5.41, 5.74) is 3.19. The number of aryl methyl sites for hydroxylation is 1. The summed E-state index contributed by atoms with van der Waals surface area (Å²) in [7, 11) is 1.84. The van der Waals surface area contributed by atoms with Crippen LogP contribution < -0.4 is 43.8 Å². The van der Waals surface area contributed by atoms with Gasteiger partial charge in [-0.2, -0.15) is 5.10 Å². The van der Waals surface area contributed by atoms with Gasteiger partial charge in [0.05, 0.1) is 48.2 Å². The van der Waals surface area contributed by atoms with Gasteiger partial charge in [-0.15, -0.1) is 0 Å². The van der Waals surface area contributed by atoms with E-state index in [0.29, 0.717) is 78.8 Å². The average molecular weight is 634 g/mol. The van der Waals surface area contributed by atoms with Gasteiger partial charge in [0, 0.05) is 62.1 Å². The first-order valence-electron chi connectivity index (χ1n) is 15.0. The van der Waals surface area contributed by atoms with Crippen molar-refractivity contribution in [3.05, 3.63) is 77.7 Å². The predicted octanol–water partition coefficient (Wildman–Crippen LogP) is 2.29. The van der Waals surface area contributed by atoms with Gasteiger partial charge in [0.15, 0.2) is 5.78 Å². The summed E-state index contributed by atoms with van der Waals surface area (Å²) in [6.45, 7) is 5.49. The molecule has 0 saturated carbocycles. The second-order valence-corrected chi connectivity index (χ2v) is 11.2. The fourth-order valence-electron chi connectivity index (χ4n) is 6.01. The Morgan fingerprint density at radius 2 is 1.65 bits per heavy atom. The summed E-state index contributed by atoms with van der Waals surface area (Å²) in [6, 6.07) is 12.0. The molecule has 1 N–H and O–H groups in total. The number of carboxylic acid groups (broad SMARTS) is 1. The van der Waals surface area contributed by atoms with Crippen LogP contribution in [-0.2, 0) is 7.05 Å². The fourth-order valence-corrected chi connectivity index (χ4v) is 6.01. The van der Waals surface area contributed by atoms with Crippen molar-refractivity contribution in [1.82, 2.24) is 19.7 Å². The van der Waals surface area contributed by atoms with Gasteiger partial charge in [0.25, 0.3) is 5.91 Å². The molecule has 1 fully saturated rings. The normalized spacial score (nSPS) is 15.0. The molecular weight excluding hydrogens is 599 g/mol. The number of piperidine rings is 1. The molecule has 0 bridgehead atoms. The largest absolute Gasteiger partial charge is 1.00 e. The molecule has 2 aliphatic heterocycles. The maximum Gasteiger partial charge on any atom is 1.00 e. The van der Waals surface area contributed by atoms with Gasteiger partial charge in [-0.05, 0) is 56.3 Å². The van der Waals surface area contributed by atoms with E-state index < -0.39 is 11.6 Å². The minimum atomic E-state index is -1.05. The molecule has 0 aliphatic carbocycles. The molecule has 2 aliphatic rings. The van der Waals surface area contributed by atoms with Gasteiger partial charge < -0.3 is 24.2 Å². The summed E-state index contributed by atoms with van der Waals surface area (Å²) in [5, 5.41) is 13.4. The number of benzene rings is 2. The SMILES string of the molecule is CCOc1cc(C(=O)N2CCC3(CC2)CC(=O)c2cc(-c4ccc(C(=O)O)cn4)ccc2O3)cc(OCC)c1-c1cnn(C)c1.[Na+]. The number of nitrogens with zero attached hydrogens (tertiary/aromatic N) is 4. The number of amides is 1. The van der Waals surface area contributed by atoms with Crippen LogP contribution in [0.15, 0.2) is 61.1 Å². The molecule has 2 aromatic carbocycles. The van der Waals surface area contributed by atoms with E-state index in [1.54, 1.807) is 46.1 Å². The van der Waals surface area contributed by atoms with E-state index in [4.69, 9.17) is 19.3 Å². The van der Waals surface area contributed by atoms with Crippen LogP contribution in [0.3, 0.4) is 0 Å². The number of carbonyl (C=O) groups excluding carboxylic acids is 2. The molecule has 0 unspecified atom stereocenters. The smallest absolute Gasteiger partial charge is 0.493 e. The van der Waals surface area contributed by atoms with Crippen molar-refractivity contribution in [3.63, 3.8) is 0 Å².